The van der Waals surface area contributed by atoms with Gasteiger partial charge in [-0.25, -0.2) is 6.08 Å². The summed E-state index contributed by atoms with van der Waals surface area (Å²) in [6.07, 6.45) is 17.0. The molecule has 1 atom stereocenters. The van der Waals surface area contributed by atoms with E-state index in [1.807, 2.05) is 0 Å². The van der Waals surface area contributed by atoms with Gasteiger partial charge in [0.25, 0.3) is 0 Å². The van der Waals surface area contributed by atoms with E-state index in [0.717, 1.165) is 36.0 Å². The van der Waals surface area contributed by atoms with Crippen LogP contribution in [0.5, 0.6) is 0 Å². The Labute approximate surface area is 336 Å². The quantitative estimate of drug-likeness (QED) is 0.160. The fourth-order valence-corrected chi connectivity index (χ4v) is 10.7. The predicted octanol–water partition coefficient (Wildman–Crippen LogP) is 13.1. The van der Waals surface area contributed by atoms with Gasteiger partial charge in [-0.05, 0) is 84.2 Å². The molecule has 1 unspecified atom stereocenters. The van der Waals surface area contributed by atoms with Crippen LogP contribution in [0.4, 0.5) is 0 Å². The molecule has 1 heteroatoms. The minimum atomic E-state index is 0.167. The van der Waals surface area contributed by atoms with Gasteiger partial charge in [0.1, 0.15) is 0 Å². The van der Waals surface area contributed by atoms with Crippen molar-refractivity contribution in [2.24, 2.45) is 35.5 Å². The Morgan fingerprint density at radius 1 is 0.660 bits per heavy atom. The molecule has 0 aromatic heterocycles. The normalized spacial score (nSPS) is 24.8. The van der Waals surface area contributed by atoms with Crippen molar-refractivity contribution in [3.8, 4) is 11.1 Å². The van der Waals surface area contributed by atoms with Crippen LogP contribution in [0.1, 0.15) is 125 Å². The SMILES string of the molecule is CC(C)(C)c1[c-]c2c(cc1)-c1ccc(C(C)(C)C)cc1C2.CC1[C-]=CC(C2C3CC4CC(C3)CC2C4)=C1.Cc1ccc([C](=[Zr+2])c2ccc(C)cc2)cc1. The van der Waals surface area contributed by atoms with E-state index in [1.165, 1.54) is 109 Å². The van der Waals surface area contributed by atoms with E-state index in [2.05, 4.69) is 165 Å². The van der Waals surface area contributed by atoms with Crippen LogP contribution < -0.4 is 0 Å². The van der Waals surface area contributed by atoms with E-state index < -0.39 is 0 Å². The summed E-state index contributed by atoms with van der Waals surface area (Å²) < 4.78 is 1.42. The van der Waals surface area contributed by atoms with Crippen LogP contribution in [0.15, 0.2) is 96.6 Å². The van der Waals surface area contributed by atoms with Gasteiger partial charge >= 0.3 is 112 Å². The van der Waals surface area contributed by atoms with Gasteiger partial charge in [0.05, 0.1) is 0 Å². The zero-order valence-corrected chi connectivity index (χ0v) is 36.3. The van der Waals surface area contributed by atoms with Crippen LogP contribution in [0.2, 0.25) is 0 Å². The van der Waals surface area contributed by atoms with Gasteiger partial charge in [0, 0.05) is 0 Å². The van der Waals surface area contributed by atoms with E-state index in [4.69, 9.17) is 0 Å². The van der Waals surface area contributed by atoms with Crippen molar-refractivity contribution in [2.45, 2.75) is 112 Å². The van der Waals surface area contributed by atoms with Gasteiger partial charge < -0.3 is 0 Å². The van der Waals surface area contributed by atoms with E-state index >= 15 is 0 Å². The molecular weight excluding hydrogens is 716 g/mol. The molecule has 0 amide bonds. The zero-order chi connectivity index (χ0) is 37.7. The molecule has 0 aliphatic heterocycles. The summed E-state index contributed by atoms with van der Waals surface area (Å²) in [7, 11) is 0. The maximum absolute atomic E-state index is 3.67. The summed E-state index contributed by atoms with van der Waals surface area (Å²) in [5.41, 5.74) is 15.7. The number of benzene rings is 4. The number of aryl methyl sites for hydroxylation is 2. The molecule has 4 aromatic carbocycles. The predicted molar refractivity (Wildman–Crippen MR) is 222 cm³/mol. The molecule has 0 saturated heterocycles. The molecule has 0 heterocycles. The van der Waals surface area contributed by atoms with Crippen molar-refractivity contribution < 1.29 is 24.2 Å². The molecule has 53 heavy (non-hydrogen) atoms. The Balaban J connectivity index is 0.000000125. The number of hydrogen-bond acceptors (Lipinski definition) is 0. The average molecular weight is 776 g/mol. The second-order valence-electron chi connectivity index (χ2n) is 19.1. The van der Waals surface area contributed by atoms with Crippen molar-refractivity contribution in [1.29, 1.82) is 0 Å². The molecule has 6 aliphatic rings. The van der Waals surface area contributed by atoms with E-state index in [-0.39, 0.29) is 10.8 Å². The Hall–Kier alpha value is -2.89. The van der Waals surface area contributed by atoms with Crippen molar-refractivity contribution in [2.75, 3.05) is 0 Å². The van der Waals surface area contributed by atoms with Gasteiger partial charge in [0.2, 0.25) is 0 Å². The van der Waals surface area contributed by atoms with Crippen molar-refractivity contribution >= 4 is 3.21 Å². The molecule has 4 fully saturated rings. The molecule has 0 spiro atoms. The Morgan fingerprint density at radius 2 is 1.21 bits per heavy atom. The zero-order valence-electron chi connectivity index (χ0n) is 33.9. The van der Waals surface area contributed by atoms with E-state index in [9.17, 15) is 0 Å². The van der Waals surface area contributed by atoms with Gasteiger partial charge in [-0.1, -0.05) is 84.1 Å². The second-order valence-corrected chi connectivity index (χ2v) is 20.4. The van der Waals surface area contributed by atoms with Gasteiger partial charge in [-0.2, -0.15) is 35.4 Å². The molecule has 0 radical (unpaired) electrons. The first-order valence-corrected chi connectivity index (χ1v) is 21.6. The summed E-state index contributed by atoms with van der Waals surface area (Å²) in [6.45, 7) is 20.1. The first-order chi connectivity index (χ1) is 25.1. The number of allylic oxidation sites excluding steroid dienone is 4. The van der Waals surface area contributed by atoms with Crippen LogP contribution in [-0.4, -0.2) is 3.21 Å². The van der Waals surface area contributed by atoms with Crippen LogP contribution in [0.25, 0.3) is 11.1 Å². The van der Waals surface area contributed by atoms with Crippen LogP contribution in [-0.2, 0) is 41.5 Å². The molecule has 0 N–H and O–H groups in total. The Morgan fingerprint density at radius 3 is 1.70 bits per heavy atom. The first-order valence-electron chi connectivity index (χ1n) is 20.4. The molecule has 4 bridgehead atoms. The maximum atomic E-state index is 3.67. The standard InChI is InChI=1S/C21H25.C16H21.C15H14.Zr/c1-20(2,3)16-7-9-18-14(12-16)11-15-13-17(21(4,5)6)8-10-19(15)18;1-10-2-3-13(4-10)16-14-6-11-5-12(8-14)9-15(16)7-11;1-12-3-7-14(8-4-12)11-15-9-5-13(2)6-10-15;/h7-10,12H,11H2,1-6H3;3-4,10-12,14-16H,5-9H2,1H3;3-10H,1-2H3;/q2*-1;;+2. The fourth-order valence-electron chi connectivity index (χ4n) is 9.92. The van der Waals surface area contributed by atoms with E-state index in [0.29, 0.717) is 5.92 Å². The molecule has 6 aliphatic carbocycles. The number of fused-ring (bicyclic) bond motifs is 3. The molecule has 4 aromatic rings. The average Bonchev–Trinajstić information content (AvgIpc) is 3.70. The summed E-state index contributed by atoms with van der Waals surface area (Å²) in [5.74, 6) is 5.77. The summed E-state index contributed by atoms with van der Waals surface area (Å²) in [6, 6.07) is 32.7. The molecular formula is C52H60Zr. The second kappa shape index (κ2) is 15.3. The van der Waals surface area contributed by atoms with Crippen molar-refractivity contribution in [3.63, 3.8) is 0 Å². The van der Waals surface area contributed by atoms with Gasteiger partial charge in [-0.15, -0.1) is 11.1 Å². The summed E-state index contributed by atoms with van der Waals surface area (Å²) in [5, 5.41) is 0. The van der Waals surface area contributed by atoms with Crippen LogP contribution in [0, 0.1) is 61.5 Å². The first kappa shape index (κ1) is 38.4. The van der Waals surface area contributed by atoms with Crippen molar-refractivity contribution in [3.05, 3.63) is 153 Å². The molecule has 4 saturated carbocycles. The topological polar surface area (TPSA) is 0 Å². The minimum absolute atomic E-state index is 0.167. The summed E-state index contributed by atoms with van der Waals surface area (Å²) >= 11 is 1.46. The van der Waals surface area contributed by atoms with Gasteiger partial charge in [-0.3, -0.25) is 6.08 Å². The van der Waals surface area contributed by atoms with Crippen molar-refractivity contribution in [1.82, 2.24) is 0 Å². The number of rotatable bonds is 3. The monoisotopic (exact) mass is 774 g/mol. The molecule has 272 valence electrons. The Kier molecular flexibility index (Phi) is 11.1. The molecule has 0 nitrogen and oxygen atoms in total. The third-order valence-corrected chi connectivity index (χ3v) is 14.1. The Bertz CT molecular complexity index is 1870. The van der Waals surface area contributed by atoms with E-state index in [1.54, 1.807) is 12.0 Å². The third-order valence-electron chi connectivity index (χ3n) is 12.7. The summed E-state index contributed by atoms with van der Waals surface area (Å²) in [4.78, 5) is 0. The van der Waals surface area contributed by atoms with Gasteiger partial charge in [0.15, 0.2) is 0 Å². The van der Waals surface area contributed by atoms with Crippen LogP contribution >= 0.6 is 0 Å². The van der Waals surface area contributed by atoms with Crippen LogP contribution in [0.3, 0.4) is 0 Å². The fraction of sp³-hybridized carbons (Fsp3) is 0.442. The number of hydrogen-bond donors (Lipinski definition) is 0. The molecule has 10 rings (SSSR count). The third kappa shape index (κ3) is 8.67.